The maximum atomic E-state index is 10.7. The molecule has 0 spiro atoms. The van der Waals surface area contributed by atoms with Crippen LogP contribution in [0, 0.1) is 0 Å². The first-order chi connectivity index (χ1) is 5.91. The van der Waals surface area contributed by atoms with E-state index in [-0.39, 0.29) is 0 Å². The third-order valence-electron chi connectivity index (χ3n) is 0.730. The zero-order valence-electron chi connectivity index (χ0n) is 6.01. The summed E-state index contributed by atoms with van der Waals surface area (Å²) in [5.74, 6) is -1.84. The topological polar surface area (TPSA) is 52.6 Å². The van der Waals surface area contributed by atoms with Crippen molar-refractivity contribution >= 4 is 58.3 Å². The fourth-order valence-corrected chi connectivity index (χ4v) is 0.797. The first-order valence-electron chi connectivity index (χ1n) is 2.87. The highest BCUT2D eigenvalue weighted by Crippen LogP contribution is 2.08. The number of rotatable bonds is 4. The summed E-state index contributed by atoms with van der Waals surface area (Å²) in [6.45, 7) is 0. The van der Waals surface area contributed by atoms with Crippen LogP contribution in [0.4, 0.5) is 0 Å². The van der Waals surface area contributed by atoms with Gasteiger partial charge in [-0.05, 0) is 0 Å². The van der Waals surface area contributed by atoms with E-state index in [0.29, 0.717) is 0 Å². The Hall–Kier alpha value is 0.1000. The van der Waals surface area contributed by atoms with Crippen molar-refractivity contribution in [1.82, 2.24) is 0 Å². The van der Waals surface area contributed by atoms with Crippen LogP contribution in [-0.2, 0) is 19.1 Å². The number of carbonyl (C=O) groups excluding carboxylic acids is 2. The van der Waals surface area contributed by atoms with Gasteiger partial charge in [0, 0.05) is 0 Å². The van der Waals surface area contributed by atoms with E-state index in [4.69, 9.17) is 46.4 Å². The maximum Gasteiger partial charge on any atom is 0.319 e. The monoisotopic (exact) mass is 268 g/mol. The molecular formula is C5H4Cl4O4. The van der Waals surface area contributed by atoms with Crippen LogP contribution in [0.1, 0.15) is 6.42 Å². The van der Waals surface area contributed by atoms with Crippen molar-refractivity contribution in [2.75, 3.05) is 0 Å². The predicted octanol–water partition coefficient (Wildman–Crippen LogP) is 1.99. The van der Waals surface area contributed by atoms with Gasteiger partial charge in [0.05, 0.1) is 0 Å². The molecule has 0 fully saturated rings. The van der Waals surface area contributed by atoms with Crippen molar-refractivity contribution < 1.29 is 19.1 Å². The summed E-state index contributed by atoms with van der Waals surface area (Å²) in [6, 6.07) is 0. The average molecular weight is 270 g/mol. The molecule has 0 saturated heterocycles. The fraction of sp³-hybridized carbons (Fsp3) is 0.600. The van der Waals surface area contributed by atoms with Gasteiger partial charge in [0.2, 0.25) is 0 Å². The summed E-state index contributed by atoms with van der Waals surface area (Å²) in [5.41, 5.74) is 0. The minimum Gasteiger partial charge on any atom is -0.431 e. The molecule has 0 saturated carbocycles. The molecule has 0 amide bonds. The van der Waals surface area contributed by atoms with Crippen molar-refractivity contribution in [2.24, 2.45) is 0 Å². The van der Waals surface area contributed by atoms with E-state index in [1.807, 2.05) is 0 Å². The lowest BCUT2D eigenvalue weighted by Gasteiger charge is -2.05. The van der Waals surface area contributed by atoms with Crippen LogP contribution in [0.25, 0.3) is 0 Å². The van der Waals surface area contributed by atoms with E-state index in [0.717, 1.165) is 0 Å². The molecule has 8 heteroatoms. The van der Waals surface area contributed by atoms with Crippen LogP contribution in [0.15, 0.2) is 0 Å². The molecule has 0 aliphatic carbocycles. The molecule has 0 aromatic carbocycles. The van der Waals surface area contributed by atoms with Gasteiger partial charge in [-0.2, -0.15) is 0 Å². The minimum atomic E-state index is -1.32. The van der Waals surface area contributed by atoms with E-state index in [2.05, 4.69) is 9.47 Å². The Labute approximate surface area is 94.0 Å². The molecule has 0 aromatic rings. The fourth-order valence-electron chi connectivity index (χ4n) is 0.400. The van der Waals surface area contributed by atoms with Gasteiger partial charge in [0.1, 0.15) is 6.42 Å². The second kappa shape index (κ2) is 6.54. The molecule has 13 heavy (non-hydrogen) atoms. The van der Waals surface area contributed by atoms with Crippen LogP contribution >= 0.6 is 46.4 Å². The molecule has 0 unspecified atom stereocenters. The predicted molar refractivity (Wildman–Crippen MR) is 47.8 cm³/mol. The molecule has 0 bridgehead atoms. The normalized spacial score (nSPS) is 10.3. The molecule has 0 atom stereocenters. The number of hydrogen-bond acceptors (Lipinski definition) is 4. The molecule has 0 heterocycles. The number of halogens is 4. The number of hydrogen-bond donors (Lipinski definition) is 0. The average Bonchev–Trinajstić information content (AvgIpc) is 1.80. The van der Waals surface area contributed by atoms with Gasteiger partial charge >= 0.3 is 11.9 Å². The molecule has 76 valence electrons. The summed E-state index contributed by atoms with van der Waals surface area (Å²) in [6.07, 6.45) is -0.647. The molecule has 0 radical (unpaired) electrons. The minimum absolute atomic E-state index is 0.647. The number of carbonyl (C=O) groups is 2. The SMILES string of the molecule is O=C(CC(=O)OC(Cl)Cl)OC(Cl)Cl. The lowest BCUT2D eigenvalue weighted by molar-refractivity contribution is -0.153. The Balaban J connectivity index is 3.72. The molecule has 4 nitrogen and oxygen atoms in total. The third-order valence-corrected chi connectivity index (χ3v) is 1.09. The van der Waals surface area contributed by atoms with Gasteiger partial charge in [-0.15, -0.1) is 0 Å². The van der Waals surface area contributed by atoms with Crippen molar-refractivity contribution in [1.29, 1.82) is 0 Å². The van der Waals surface area contributed by atoms with Crippen LogP contribution in [0.3, 0.4) is 0 Å². The second-order valence-electron chi connectivity index (χ2n) is 1.68. The maximum absolute atomic E-state index is 10.7. The van der Waals surface area contributed by atoms with Gasteiger partial charge < -0.3 is 9.47 Å². The van der Waals surface area contributed by atoms with Gasteiger partial charge in [0.15, 0.2) is 0 Å². The summed E-state index contributed by atoms with van der Waals surface area (Å²) in [7, 11) is 0. The quantitative estimate of drug-likeness (QED) is 0.445. The molecule has 0 aromatic heterocycles. The van der Waals surface area contributed by atoms with Gasteiger partial charge in [-0.3, -0.25) is 9.59 Å². The second-order valence-corrected chi connectivity index (χ2v) is 3.71. The largest absolute Gasteiger partial charge is 0.431 e. The highest BCUT2D eigenvalue weighted by Gasteiger charge is 2.16. The lowest BCUT2D eigenvalue weighted by Crippen LogP contribution is -2.16. The Morgan fingerprint density at radius 3 is 1.46 bits per heavy atom. The summed E-state index contributed by atoms with van der Waals surface area (Å²) < 4.78 is 8.41. The highest BCUT2D eigenvalue weighted by molar-refractivity contribution is 6.44. The third kappa shape index (κ3) is 8.43. The summed E-state index contributed by atoms with van der Waals surface area (Å²) in [5, 5.41) is -2.63. The van der Waals surface area contributed by atoms with Crippen molar-refractivity contribution in [2.45, 2.75) is 16.5 Å². The van der Waals surface area contributed by atoms with Crippen LogP contribution in [0.5, 0.6) is 0 Å². The van der Waals surface area contributed by atoms with Crippen molar-refractivity contribution in [3.63, 3.8) is 0 Å². The number of esters is 2. The number of ether oxygens (including phenoxy) is 2. The van der Waals surface area contributed by atoms with Gasteiger partial charge in [-0.25, -0.2) is 0 Å². The van der Waals surface area contributed by atoms with Crippen molar-refractivity contribution in [3.05, 3.63) is 0 Å². The van der Waals surface area contributed by atoms with Gasteiger partial charge in [-0.1, -0.05) is 46.4 Å². The molecular weight excluding hydrogens is 266 g/mol. The standard InChI is InChI=1S/C5H4Cl4O4/c6-4(7)12-2(10)1-3(11)13-5(8)9/h4-5H,1H2. The van der Waals surface area contributed by atoms with Crippen molar-refractivity contribution in [3.8, 4) is 0 Å². The van der Waals surface area contributed by atoms with Crippen LogP contribution in [0.2, 0.25) is 0 Å². The molecule has 0 N–H and O–H groups in total. The molecule has 0 aliphatic heterocycles. The van der Waals surface area contributed by atoms with E-state index in [1.54, 1.807) is 0 Å². The summed E-state index contributed by atoms with van der Waals surface area (Å²) >= 11 is 20.3. The van der Waals surface area contributed by atoms with E-state index in [9.17, 15) is 9.59 Å². The zero-order chi connectivity index (χ0) is 10.4. The Kier molecular flexibility index (Phi) is 6.59. The van der Waals surface area contributed by atoms with E-state index < -0.39 is 28.4 Å². The van der Waals surface area contributed by atoms with Crippen LogP contribution in [-0.4, -0.2) is 22.0 Å². The molecule has 0 aliphatic rings. The first-order valence-corrected chi connectivity index (χ1v) is 4.61. The van der Waals surface area contributed by atoms with Crippen LogP contribution < -0.4 is 0 Å². The Morgan fingerprint density at radius 2 is 1.23 bits per heavy atom. The first kappa shape index (κ1) is 13.1. The van der Waals surface area contributed by atoms with E-state index in [1.165, 1.54) is 0 Å². The highest BCUT2D eigenvalue weighted by atomic mass is 35.5. The smallest absolute Gasteiger partial charge is 0.319 e. The lowest BCUT2D eigenvalue weighted by atomic mass is 10.4. The Morgan fingerprint density at radius 1 is 0.923 bits per heavy atom. The summed E-state index contributed by atoms with van der Waals surface area (Å²) in [4.78, 5) is 21.3. The van der Waals surface area contributed by atoms with E-state index >= 15 is 0 Å². The number of alkyl halides is 4. The van der Waals surface area contributed by atoms with Gasteiger partial charge in [0.25, 0.3) is 10.0 Å². The Bertz CT molecular complexity index is 173. The zero-order valence-corrected chi connectivity index (χ0v) is 9.03. The molecule has 0 rings (SSSR count).